The van der Waals surface area contributed by atoms with Crippen LogP contribution in [-0.4, -0.2) is 22.6 Å². The van der Waals surface area contributed by atoms with E-state index in [1.807, 2.05) is 42.5 Å². The molecule has 4 aromatic rings. The van der Waals surface area contributed by atoms with Gasteiger partial charge in [0.15, 0.2) is 11.5 Å². The molecule has 0 saturated carbocycles. The van der Waals surface area contributed by atoms with Gasteiger partial charge in [-0.25, -0.2) is 4.98 Å². The van der Waals surface area contributed by atoms with Crippen LogP contribution in [0.4, 0.5) is 11.4 Å². The normalized spacial score (nSPS) is 12.0. The fraction of sp³-hybridized carbons (Fsp3) is 0.0435. The largest absolute Gasteiger partial charge is 0.454 e. The van der Waals surface area contributed by atoms with Crippen molar-refractivity contribution >= 4 is 44.1 Å². The molecule has 2 heterocycles. The zero-order chi connectivity index (χ0) is 22.2. The molecule has 0 atom stereocenters. The number of nitrogens with zero attached hydrogens (tertiary/aromatic N) is 2. The van der Waals surface area contributed by atoms with E-state index in [0.29, 0.717) is 43.8 Å². The van der Waals surface area contributed by atoms with Crippen molar-refractivity contribution in [3.8, 4) is 22.8 Å². The van der Waals surface area contributed by atoms with Gasteiger partial charge in [-0.3, -0.25) is 14.9 Å². The smallest absolute Gasteiger partial charge is 0.270 e. The van der Waals surface area contributed by atoms with Crippen molar-refractivity contribution in [3.63, 3.8) is 0 Å². The van der Waals surface area contributed by atoms with Gasteiger partial charge in [-0.05, 0) is 52.3 Å². The number of non-ortho nitro benzene ring substituents is 1. The first-order chi connectivity index (χ1) is 15.5. The third-order valence-corrected chi connectivity index (χ3v) is 5.70. The Kier molecular flexibility index (Phi) is 4.95. The highest BCUT2D eigenvalue weighted by Gasteiger charge is 2.19. The van der Waals surface area contributed by atoms with E-state index in [1.54, 1.807) is 6.07 Å². The molecule has 0 bridgehead atoms. The summed E-state index contributed by atoms with van der Waals surface area (Å²) in [7, 11) is 0. The maximum atomic E-state index is 13.2. The molecule has 1 amide bonds. The second kappa shape index (κ2) is 7.93. The monoisotopic (exact) mass is 491 g/mol. The van der Waals surface area contributed by atoms with Crippen molar-refractivity contribution in [2.45, 2.75) is 0 Å². The van der Waals surface area contributed by atoms with Crippen LogP contribution in [0.5, 0.6) is 11.5 Å². The molecule has 1 N–H and O–H groups in total. The van der Waals surface area contributed by atoms with Crippen molar-refractivity contribution in [2.75, 3.05) is 12.1 Å². The molecular weight excluding hydrogens is 478 g/mol. The maximum absolute atomic E-state index is 13.2. The van der Waals surface area contributed by atoms with Gasteiger partial charge in [0.1, 0.15) is 0 Å². The number of amides is 1. The molecule has 0 radical (unpaired) electrons. The lowest BCUT2D eigenvalue weighted by molar-refractivity contribution is -0.384. The number of rotatable bonds is 4. The van der Waals surface area contributed by atoms with Crippen LogP contribution < -0.4 is 14.8 Å². The minimum absolute atomic E-state index is 0.0747. The molecule has 8 nitrogen and oxygen atoms in total. The summed E-state index contributed by atoms with van der Waals surface area (Å²) in [5, 5.41) is 14.5. The lowest BCUT2D eigenvalue weighted by atomic mass is 10.0. The van der Waals surface area contributed by atoms with Crippen molar-refractivity contribution in [2.24, 2.45) is 0 Å². The topological polar surface area (TPSA) is 104 Å². The number of nitrogens with one attached hydrogen (secondary N) is 1. The first-order valence-electron chi connectivity index (χ1n) is 9.55. The van der Waals surface area contributed by atoms with Crippen molar-refractivity contribution in [1.82, 2.24) is 4.98 Å². The van der Waals surface area contributed by atoms with Crippen LogP contribution in [0.15, 0.2) is 71.2 Å². The number of hydrogen-bond donors (Lipinski definition) is 1. The van der Waals surface area contributed by atoms with Gasteiger partial charge in [0.2, 0.25) is 6.79 Å². The average molecular weight is 492 g/mol. The number of aromatic nitrogens is 1. The molecule has 9 heteroatoms. The summed E-state index contributed by atoms with van der Waals surface area (Å²) in [4.78, 5) is 28.4. The Bertz CT molecular complexity index is 1410. The van der Waals surface area contributed by atoms with Crippen LogP contribution in [-0.2, 0) is 0 Å². The van der Waals surface area contributed by atoms with E-state index in [0.717, 1.165) is 5.56 Å². The molecule has 0 aliphatic carbocycles. The molecule has 32 heavy (non-hydrogen) atoms. The lowest BCUT2D eigenvalue weighted by Gasteiger charge is -2.12. The molecule has 0 unspecified atom stereocenters. The number of pyridine rings is 1. The molecule has 3 aromatic carbocycles. The standard InChI is InChI=1S/C23H14BrN3O5/c24-17-10-14(27(29)30)6-7-19(17)26-23(28)16-11-20(25-18-4-2-1-3-15(16)18)13-5-8-21-22(9-13)32-12-31-21/h1-11H,12H2,(H,26,28). The van der Waals surface area contributed by atoms with Crippen molar-refractivity contribution in [3.05, 3.63) is 86.9 Å². The fourth-order valence-corrected chi connectivity index (χ4v) is 3.94. The minimum Gasteiger partial charge on any atom is -0.454 e. The van der Waals surface area contributed by atoms with E-state index in [2.05, 4.69) is 21.2 Å². The number of anilines is 1. The number of ether oxygens (including phenoxy) is 2. The van der Waals surface area contributed by atoms with Crippen LogP contribution >= 0.6 is 15.9 Å². The number of fused-ring (bicyclic) bond motifs is 2. The van der Waals surface area contributed by atoms with Crippen LogP contribution in [0, 0.1) is 10.1 Å². The van der Waals surface area contributed by atoms with Gasteiger partial charge in [0.05, 0.1) is 27.4 Å². The second-order valence-electron chi connectivity index (χ2n) is 7.02. The maximum Gasteiger partial charge on any atom is 0.270 e. The second-order valence-corrected chi connectivity index (χ2v) is 7.87. The summed E-state index contributed by atoms with van der Waals surface area (Å²) in [6.07, 6.45) is 0. The number of carbonyl (C=O) groups is 1. The Morgan fingerprint density at radius 3 is 2.66 bits per heavy atom. The highest BCUT2D eigenvalue weighted by Crippen LogP contribution is 2.36. The summed E-state index contributed by atoms with van der Waals surface area (Å²) in [5.74, 6) is 0.925. The number of halogens is 1. The van der Waals surface area contributed by atoms with Gasteiger partial charge in [-0.1, -0.05) is 18.2 Å². The molecule has 1 aliphatic rings. The van der Waals surface area contributed by atoms with Gasteiger partial charge in [0, 0.05) is 27.6 Å². The van der Waals surface area contributed by atoms with Gasteiger partial charge in [-0.15, -0.1) is 0 Å². The van der Waals surface area contributed by atoms with E-state index < -0.39 is 4.92 Å². The van der Waals surface area contributed by atoms with Crippen molar-refractivity contribution < 1.29 is 19.2 Å². The predicted molar refractivity (Wildman–Crippen MR) is 122 cm³/mol. The Morgan fingerprint density at radius 1 is 1.03 bits per heavy atom. The quantitative estimate of drug-likeness (QED) is 0.296. The Hall–Kier alpha value is -3.98. The van der Waals surface area contributed by atoms with E-state index in [4.69, 9.17) is 14.5 Å². The van der Waals surface area contributed by atoms with Crippen LogP contribution in [0.2, 0.25) is 0 Å². The average Bonchev–Trinajstić information content (AvgIpc) is 3.27. The summed E-state index contributed by atoms with van der Waals surface area (Å²) in [6, 6.07) is 18.7. The number of para-hydroxylation sites is 1. The van der Waals surface area contributed by atoms with Gasteiger partial charge >= 0.3 is 0 Å². The summed E-state index contributed by atoms with van der Waals surface area (Å²) in [6.45, 7) is 0.168. The number of benzene rings is 3. The number of nitro groups is 1. The van der Waals surface area contributed by atoms with E-state index >= 15 is 0 Å². The predicted octanol–water partition coefficient (Wildman–Crippen LogP) is 5.55. The van der Waals surface area contributed by atoms with E-state index in [-0.39, 0.29) is 18.4 Å². The summed E-state index contributed by atoms with van der Waals surface area (Å²) < 4.78 is 11.2. The number of carbonyl (C=O) groups excluding carboxylic acids is 1. The molecule has 0 fully saturated rings. The van der Waals surface area contributed by atoms with Gasteiger partial charge in [0.25, 0.3) is 11.6 Å². The molecule has 5 rings (SSSR count). The molecule has 158 valence electrons. The third kappa shape index (κ3) is 3.63. The van der Waals surface area contributed by atoms with Crippen LogP contribution in [0.1, 0.15) is 10.4 Å². The summed E-state index contributed by atoms with van der Waals surface area (Å²) >= 11 is 3.29. The summed E-state index contributed by atoms with van der Waals surface area (Å²) in [5.41, 5.74) is 2.82. The Balaban J connectivity index is 1.56. The number of hydrogen-bond acceptors (Lipinski definition) is 6. The first kappa shape index (κ1) is 20.0. The molecule has 1 aromatic heterocycles. The highest BCUT2D eigenvalue weighted by atomic mass is 79.9. The zero-order valence-corrected chi connectivity index (χ0v) is 18.0. The molecule has 1 aliphatic heterocycles. The van der Waals surface area contributed by atoms with Crippen molar-refractivity contribution in [1.29, 1.82) is 0 Å². The number of nitro benzene ring substituents is 1. The Morgan fingerprint density at radius 2 is 1.84 bits per heavy atom. The van der Waals surface area contributed by atoms with Gasteiger partial charge < -0.3 is 14.8 Å². The van der Waals surface area contributed by atoms with E-state index in [1.165, 1.54) is 18.2 Å². The lowest BCUT2D eigenvalue weighted by Crippen LogP contribution is -2.13. The zero-order valence-electron chi connectivity index (χ0n) is 16.4. The van der Waals surface area contributed by atoms with E-state index in [9.17, 15) is 14.9 Å². The molecular formula is C23H14BrN3O5. The Labute approximate surface area is 190 Å². The SMILES string of the molecule is O=C(Nc1ccc([N+](=O)[O-])cc1Br)c1cc(-c2ccc3c(c2)OCO3)nc2ccccc12. The van der Waals surface area contributed by atoms with Gasteiger partial charge in [-0.2, -0.15) is 0 Å². The van der Waals surface area contributed by atoms with Crippen LogP contribution in [0.25, 0.3) is 22.2 Å². The minimum atomic E-state index is -0.496. The fourth-order valence-electron chi connectivity index (χ4n) is 3.48. The first-order valence-corrected chi connectivity index (χ1v) is 10.3. The molecule has 0 spiro atoms. The van der Waals surface area contributed by atoms with Crippen LogP contribution in [0.3, 0.4) is 0 Å². The third-order valence-electron chi connectivity index (χ3n) is 5.04. The highest BCUT2D eigenvalue weighted by molar-refractivity contribution is 9.10. The molecule has 0 saturated heterocycles.